The molecule has 0 aromatic heterocycles. The molecule has 1 aromatic rings. The summed E-state index contributed by atoms with van der Waals surface area (Å²) >= 11 is 0. The lowest BCUT2D eigenvalue weighted by molar-refractivity contribution is 0.241. The maximum absolute atomic E-state index is 6.05. The standard InChI is InChI=1S/C18H29NO/c1-5-12-19-16-10-9-15-14(16)7-6-8-17(15)20-13-11-18(2,3)4/h6-8,16,19H,5,9-13H2,1-4H3. The van der Waals surface area contributed by atoms with Gasteiger partial charge in [0.2, 0.25) is 0 Å². The molecule has 0 heterocycles. The Hall–Kier alpha value is -1.02. The van der Waals surface area contributed by atoms with Gasteiger partial charge in [-0.05, 0) is 54.8 Å². The Labute approximate surface area is 123 Å². The van der Waals surface area contributed by atoms with E-state index >= 15 is 0 Å². The normalized spacial score (nSPS) is 18.1. The molecule has 0 spiro atoms. The lowest BCUT2D eigenvalue weighted by Crippen LogP contribution is -2.19. The molecule has 0 saturated heterocycles. The molecule has 0 fully saturated rings. The van der Waals surface area contributed by atoms with Crippen LogP contribution in [0.5, 0.6) is 5.75 Å². The third-order valence-corrected chi connectivity index (χ3v) is 3.98. The van der Waals surface area contributed by atoms with Crippen molar-refractivity contribution in [2.75, 3.05) is 13.2 Å². The summed E-state index contributed by atoms with van der Waals surface area (Å²) in [7, 11) is 0. The molecule has 1 aromatic carbocycles. The second-order valence-corrected chi connectivity index (χ2v) is 7.03. The molecular weight excluding hydrogens is 246 g/mol. The first-order chi connectivity index (χ1) is 9.51. The molecule has 1 unspecified atom stereocenters. The summed E-state index contributed by atoms with van der Waals surface area (Å²) in [6.45, 7) is 10.9. The van der Waals surface area contributed by atoms with Crippen LogP contribution in [0.2, 0.25) is 0 Å². The number of hydrogen-bond acceptors (Lipinski definition) is 2. The van der Waals surface area contributed by atoms with E-state index in [1.165, 1.54) is 24.0 Å². The van der Waals surface area contributed by atoms with Gasteiger partial charge in [0, 0.05) is 6.04 Å². The van der Waals surface area contributed by atoms with Crippen molar-refractivity contribution < 1.29 is 4.74 Å². The second-order valence-electron chi connectivity index (χ2n) is 7.03. The SMILES string of the molecule is CCCNC1CCc2c(OCCC(C)(C)C)cccc21. The Morgan fingerprint density at radius 2 is 2.10 bits per heavy atom. The minimum atomic E-state index is 0.336. The molecule has 1 atom stereocenters. The first-order valence-corrected chi connectivity index (χ1v) is 7.99. The third-order valence-electron chi connectivity index (χ3n) is 3.98. The highest BCUT2D eigenvalue weighted by Gasteiger charge is 2.24. The van der Waals surface area contributed by atoms with Crippen molar-refractivity contribution in [3.8, 4) is 5.75 Å². The molecule has 0 amide bonds. The van der Waals surface area contributed by atoms with E-state index in [2.05, 4.69) is 51.2 Å². The fraction of sp³-hybridized carbons (Fsp3) is 0.667. The smallest absolute Gasteiger partial charge is 0.122 e. The zero-order chi connectivity index (χ0) is 14.6. The molecule has 0 aliphatic heterocycles. The molecule has 2 nitrogen and oxygen atoms in total. The molecule has 1 aliphatic rings. The average Bonchev–Trinajstić information content (AvgIpc) is 2.79. The lowest BCUT2D eigenvalue weighted by Gasteiger charge is -2.19. The average molecular weight is 275 g/mol. The molecule has 0 radical (unpaired) electrons. The lowest BCUT2D eigenvalue weighted by atomic mass is 9.93. The van der Waals surface area contributed by atoms with Crippen LogP contribution in [0.1, 0.15) is 64.1 Å². The van der Waals surface area contributed by atoms with Crippen LogP contribution < -0.4 is 10.1 Å². The number of benzene rings is 1. The maximum atomic E-state index is 6.05. The Balaban J connectivity index is 2.00. The van der Waals surface area contributed by atoms with Gasteiger partial charge >= 0.3 is 0 Å². The van der Waals surface area contributed by atoms with E-state index in [1.54, 1.807) is 0 Å². The first-order valence-electron chi connectivity index (χ1n) is 7.99. The fourth-order valence-electron chi connectivity index (χ4n) is 2.75. The number of ether oxygens (including phenoxy) is 1. The minimum Gasteiger partial charge on any atom is -0.493 e. The molecule has 20 heavy (non-hydrogen) atoms. The van der Waals surface area contributed by atoms with Crippen LogP contribution in [0, 0.1) is 5.41 Å². The molecule has 2 rings (SSSR count). The Bertz CT molecular complexity index is 434. The van der Waals surface area contributed by atoms with Crippen LogP contribution in [0.15, 0.2) is 18.2 Å². The molecule has 0 bridgehead atoms. The number of hydrogen-bond donors (Lipinski definition) is 1. The maximum Gasteiger partial charge on any atom is 0.122 e. The zero-order valence-electron chi connectivity index (χ0n) is 13.5. The van der Waals surface area contributed by atoms with Gasteiger partial charge in [-0.15, -0.1) is 0 Å². The topological polar surface area (TPSA) is 21.3 Å². The van der Waals surface area contributed by atoms with E-state index in [0.717, 1.165) is 31.7 Å². The Kier molecular flexibility index (Phi) is 5.09. The predicted molar refractivity (Wildman–Crippen MR) is 85.4 cm³/mol. The molecular formula is C18H29NO. The number of fused-ring (bicyclic) bond motifs is 1. The molecule has 112 valence electrons. The largest absolute Gasteiger partial charge is 0.493 e. The Morgan fingerprint density at radius 3 is 2.80 bits per heavy atom. The van der Waals surface area contributed by atoms with Gasteiger partial charge in [0.05, 0.1) is 6.61 Å². The molecule has 1 aliphatic carbocycles. The zero-order valence-corrected chi connectivity index (χ0v) is 13.5. The highest BCUT2D eigenvalue weighted by molar-refractivity contribution is 5.45. The van der Waals surface area contributed by atoms with Gasteiger partial charge < -0.3 is 10.1 Å². The Morgan fingerprint density at radius 1 is 1.30 bits per heavy atom. The summed E-state index contributed by atoms with van der Waals surface area (Å²) < 4.78 is 6.05. The summed E-state index contributed by atoms with van der Waals surface area (Å²) in [4.78, 5) is 0. The van der Waals surface area contributed by atoms with Gasteiger partial charge in [0.15, 0.2) is 0 Å². The van der Waals surface area contributed by atoms with Crippen molar-refractivity contribution >= 4 is 0 Å². The summed E-state index contributed by atoms with van der Waals surface area (Å²) in [5.74, 6) is 1.10. The van der Waals surface area contributed by atoms with E-state index in [4.69, 9.17) is 4.74 Å². The quantitative estimate of drug-likeness (QED) is 0.826. The number of nitrogens with one attached hydrogen (secondary N) is 1. The van der Waals surface area contributed by atoms with Crippen molar-refractivity contribution in [3.63, 3.8) is 0 Å². The van der Waals surface area contributed by atoms with Crippen LogP contribution in [0.3, 0.4) is 0 Å². The van der Waals surface area contributed by atoms with Crippen molar-refractivity contribution in [2.45, 2.75) is 59.4 Å². The van der Waals surface area contributed by atoms with Crippen LogP contribution in [0.25, 0.3) is 0 Å². The van der Waals surface area contributed by atoms with Gasteiger partial charge in [-0.2, -0.15) is 0 Å². The molecule has 1 N–H and O–H groups in total. The molecule has 0 saturated carbocycles. The highest BCUT2D eigenvalue weighted by atomic mass is 16.5. The van der Waals surface area contributed by atoms with E-state index in [0.29, 0.717) is 11.5 Å². The fourth-order valence-corrected chi connectivity index (χ4v) is 2.75. The van der Waals surface area contributed by atoms with Crippen molar-refractivity contribution in [1.82, 2.24) is 5.32 Å². The van der Waals surface area contributed by atoms with Gasteiger partial charge in [0.1, 0.15) is 5.75 Å². The van der Waals surface area contributed by atoms with Gasteiger partial charge in [-0.25, -0.2) is 0 Å². The first kappa shape index (κ1) is 15.4. The second kappa shape index (κ2) is 6.62. The minimum absolute atomic E-state index is 0.336. The van der Waals surface area contributed by atoms with E-state index < -0.39 is 0 Å². The van der Waals surface area contributed by atoms with Crippen molar-refractivity contribution in [2.24, 2.45) is 5.41 Å². The number of rotatable bonds is 6. The van der Waals surface area contributed by atoms with Crippen molar-refractivity contribution in [3.05, 3.63) is 29.3 Å². The summed E-state index contributed by atoms with van der Waals surface area (Å²) in [5.41, 5.74) is 3.21. The monoisotopic (exact) mass is 275 g/mol. The van der Waals surface area contributed by atoms with Gasteiger partial charge in [-0.1, -0.05) is 39.8 Å². The van der Waals surface area contributed by atoms with E-state index in [1.807, 2.05) is 0 Å². The molecule has 2 heteroatoms. The summed E-state index contributed by atoms with van der Waals surface area (Å²) in [6, 6.07) is 7.05. The summed E-state index contributed by atoms with van der Waals surface area (Å²) in [6.07, 6.45) is 4.62. The van der Waals surface area contributed by atoms with Gasteiger partial charge in [-0.3, -0.25) is 0 Å². The third kappa shape index (κ3) is 3.99. The summed E-state index contributed by atoms with van der Waals surface area (Å²) in [5, 5.41) is 3.64. The van der Waals surface area contributed by atoms with E-state index in [9.17, 15) is 0 Å². The van der Waals surface area contributed by atoms with E-state index in [-0.39, 0.29) is 0 Å². The van der Waals surface area contributed by atoms with Crippen LogP contribution in [-0.4, -0.2) is 13.2 Å². The highest BCUT2D eigenvalue weighted by Crippen LogP contribution is 2.37. The van der Waals surface area contributed by atoms with Gasteiger partial charge in [0.25, 0.3) is 0 Å². The van der Waals surface area contributed by atoms with Crippen molar-refractivity contribution in [1.29, 1.82) is 0 Å². The van der Waals surface area contributed by atoms with Crippen LogP contribution in [0.4, 0.5) is 0 Å². The van der Waals surface area contributed by atoms with Crippen LogP contribution >= 0.6 is 0 Å². The predicted octanol–water partition coefficient (Wildman–Crippen LogP) is 4.49. The van der Waals surface area contributed by atoms with Crippen LogP contribution in [-0.2, 0) is 6.42 Å².